The van der Waals surface area contributed by atoms with Crippen LogP contribution in [0, 0.1) is 11.8 Å². The SMILES string of the molecule is COC(=O)C(CC1CCCCC1)NC(=O)OC(c1ccccc1)C(C)C. The van der Waals surface area contributed by atoms with Crippen LogP contribution in [0.4, 0.5) is 4.79 Å². The van der Waals surface area contributed by atoms with E-state index in [1.165, 1.54) is 26.4 Å². The van der Waals surface area contributed by atoms with Crippen LogP contribution in [0.3, 0.4) is 0 Å². The highest BCUT2D eigenvalue weighted by atomic mass is 16.6. The van der Waals surface area contributed by atoms with Crippen molar-refractivity contribution in [1.29, 1.82) is 0 Å². The molecule has 0 aromatic heterocycles. The van der Waals surface area contributed by atoms with Crippen LogP contribution < -0.4 is 5.32 Å². The largest absolute Gasteiger partial charge is 0.467 e. The van der Waals surface area contributed by atoms with Crippen molar-refractivity contribution in [2.75, 3.05) is 7.11 Å². The second-order valence-electron chi connectivity index (χ2n) is 7.44. The molecule has 1 aromatic rings. The van der Waals surface area contributed by atoms with E-state index in [0.717, 1.165) is 18.4 Å². The summed E-state index contributed by atoms with van der Waals surface area (Å²) in [6.45, 7) is 4.01. The summed E-state index contributed by atoms with van der Waals surface area (Å²) < 4.78 is 10.5. The van der Waals surface area contributed by atoms with E-state index in [-0.39, 0.29) is 12.0 Å². The van der Waals surface area contributed by atoms with Gasteiger partial charge in [-0.15, -0.1) is 0 Å². The molecule has 0 radical (unpaired) electrons. The molecule has 2 atom stereocenters. The zero-order chi connectivity index (χ0) is 18.9. The van der Waals surface area contributed by atoms with E-state index in [0.29, 0.717) is 12.3 Å². The van der Waals surface area contributed by atoms with Gasteiger partial charge in [0.2, 0.25) is 0 Å². The Hall–Kier alpha value is -2.04. The Morgan fingerprint density at radius 3 is 2.35 bits per heavy atom. The number of benzene rings is 1. The number of hydrogen-bond donors (Lipinski definition) is 1. The molecule has 1 fully saturated rings. The van der Waals surface area contributed by atoms with Crippen LogP contribution in [0.2, 0.25) is 0 Å². The van der Waals surface area contributed by atoms with E-state index in [1.807, 2.05) is 44.2 Å². The number of amides is 1. The first-order valence-corrected chi connectivity index (χ1v) is 9.61. The predicted molar refractivity (Wildman–Crippen MR) is 101 cm³/mol. The minimum absolute atomic E-state index is 0.123. The maximum Gasteiger partial charge on any atom is 0.408 e. The fraction of sp³-hybridized carbons (Fsp3) is 0.619. The third kappa shape index (κ3) is 6.04. The Morgan fingerprint density at radius 1 is 1.12 bits per heavy atom. The Bertz CT molecular complexity index is 567. The van der Waals surface area contributed by atoms with Gasteiger partial charge in [0.05, 0.1) is 7.11 Å². The van der Waals surface area contributed by atoms with Gasteiger partial charge in [0, 0.05) is 0 Å². The molecule has 0 saturated heterocycles. The molecule has 2 unspecified atom stereocenters. The van der Waals surface area contributed by atoms with Gasteiger partial charge >= 0.3 is 12.1 Å². The van der Waals surface area contributed by atoms with Crippen LogP contribution in [0.15, 0.2) is 30.3 Å². The second-order valence-corrected chi connectivity index (χ2v) is 7.44. The van der Waals surface area contributed by atoms with Crippen molar-refractivity contribution < 1.29 is 19.1 Å². The lowest BCUT2D eigenvalue weighted by atomic mass is 9.85. The lowest BCUT2D eigenvalue weighted by Crippen LogP contribution is -2.43. The third-order valence-electron chi connectivity index (χ3n) is 5.04. The van der Waals surface area contributed by atoms with E-state index in [9.17, 15) is 9.59 Å². The van der Waals surface area contributed by atoms with Gasteiger partial charge in [-0.1, -0.05) is 76.3 Å². The van der Waals surface area contributed by atoms with Crippen molar-refractivity contribution >= 4 is 12.1 Å². The van der Waals surface area contributed by atoms with E-state index < -0.39 is 18.1 Å². The van der Waals surface area contributed by atoms with Crippen LogP contribution >= 0.6 is 0 Å². The standard InChI is InChI=1S/C21H31NO4/c1-15(2)19(17-12-8-5-9-13-17)26-21(24)22-18(20(23)25-3)14-16-10-6-4-7-11-16/h5,8-9,12-13,15-16,18-19H,4,6-7,10-11,14H2,1-3H3,(H,22,24). The molecule has 1 amide bonds. The highest BCUT2D eigenvalue weighted by molar-refractivity contribution is 5.81. The number of ether oxygens (including phenoxy) is 2. The molecular formula is C21H31NO4. The van der Waals surface area contributed by atoms with Crippen molar-refractivity contribution in [3.8, 4) is 0 Å². The summed E-state index contributed by atoms with van der Waals surface area (Å²) in [5.41, 5.74) is 0.944. The van der Waals surface area contributed by atoms with Crippen molar-refractivity contribution in [3.05, 3.63) is 35.9 Å². The molecule has 144 valence electrons. The maximum absolute atomic E-state index is 12.5. The molecule has 0 bridgehead atoms. The van der Waals surface area contributed by atoms with Crippen LogP contribution in [0.1, 0.15) is 64.0 Å². The third-order valence-corrected chi connectivity index (χ3v) is 5.04. The summed E-state index contributed by atoms with van der Waals surface area (Å²) in [6.07, 6.45) is 5.51. The number of carbonyl (C=O) groups excluding carboxylic acids is 2. The number of nitrogens with one attached hydrogen (secondary N) is 1. The Labute approximate surface area is 156 Å². The fourth-order valence-electron chi connectivity index (χ4n) is 3.64. The molecule has 1 aliphatic carbocycles. The average molecular weight is 361 g/mol. The van der Waals surface area contributed by atoms with Gasteiger partial charge in [-0.2, -0.15) is 0 Å². The molecular weight excluding hydrogens is 330 g/mol. The number of hydrogen-bond acceptors (Lipinski definition) is 4. The van der Waals surface area contributed by atoms with Crippen LogP contribution in [0.25, 0.3) is 0 Å². The molecule has 5 nitrogen and oxygen atoms in total. The highest BCUT2D eigenvalue weighted by Crippen LogP contribution is 2.28. The summed E-state index contributed by atoms with van der Waals surface area (Å²) in [5, 5.41) is 2.73. The van der Waals surface area contributed by atoms with Crippen molar-refractivity contribution in [3.63, 3.8) is 0 Å². The molecule has 0 spiro atoms. The topological polar surface area (TPSA) is 64.6 Å². The van der Waals surface area contributed by atoms with Crippen molar-refractivity contribution in [2.24, 2.45) is 11.8 Å². The van der Waals surface area contributed by atoms with Crippen molar-refractivity contribution in [2.45, 2.75) is 64.5 Å². The first-order valence-electron chi connectivity index (χ1n) is 9.61. The van der Waals surface area contributed by atoms with E-state index >= 15 is 0 Å². The summed E-state index contributed by atoms with van der Waals surface area (Å²) in [4.78, 5) is 24.6. The van der Waals surface area contributed by atoms with Crippen LogP contribution in [-0.2, 0) is 14.3 Å². The zero-order valence-corrected chi connectivity index (χ0v) is 16.1. The first-order chi connectivity index (χ1) is 12.5. The number of rotatable bonds is 7. The molecule has 1 aromatic carbocycles. The average Bonchev–Trinajstić information content (AvgIpc) is 2.66. The number of carbonyl (C=O) groups is 2. The molecule has 1 saturated carbocycles. The maximum atomic E-state index is 12.5. The molecule has 26 heavy (non-hydrogen) atoms. The first kappa shape index (κ1) is 20.3. The van der Waals surface area contributed by atoms with Crippen molar-refractivity contribution in [1.82, 2.24) is 5.32 Å². The molecule has 0 aliphatic heterocycles. The lowest BCUT2D eigenvalue weighted by Gasteiger charge is -2.27. The number of alkyl carbamates (subject to hydrolysis) is 1. The van der Waals surface area contributed by atoms with Gasteiger partial charge in [0.1, 0.15) is 12.1 Å². The van der Waals surface area contributed by atoms with Crippen LogP contribution in [-0.4, -0.2) is 25.2 Å². The van der Waals surface area contributed by atoms with Crippen LogP contribution in [0.5, 0.6) is 0 Å². The van der Waals surface area contributed by atoms with Gasteiger partial charge in [-0.3, -0.25) is 0 Å². The smallest absolute Gasteiger partial charge is 0.408 e. The quantitative estimate of drug-likeness (QED) is 0.720. The minimum Gasteiger partial charge on any atom is -0.467 e. The van der Waals surface area contributed by atoms with E-state index in [2.05, 4.69) is 5.32 Å². The molecule has 5 heteroatoms. The predicted octanol–water partition coefficient (Wildman–Crippen LogP) is 4.62. The van der Waals surface area contributed by atoms with E-state index in [1.54, 1.807) is 0 Å². The van der Waals surface area contributed by atoms with Gasteiger partial charge in [-0.25, -0.2) is 9.59 Å². The highest BCUT2D eigenvalue weighted by Gasteiger charge is 2.28. The number of esters is 1. The Balaban J connectivity index is 1.99. The molecule has 2 rings (SSSR count). The molecule has 1 N–H and O–H groups in total. The Kier molecular flexibility index (Phi) is 7.95. The summed E-state index contributed by atoms with van der Waals surface area (Å²) in [5.74, 6) is 0.162. The lowest BCUT2D eigenvalue weighted by molar-refractivity contribution is -0.143. The minimum atomic E-state index is -0.654. The molecule has 1 aliphatic rings. The Morgan fingerprint density at radius 2 is 1.77 bits per heavy atom. The normalized spacial score (nSPS) is 17.4. The van der Waals surface area contributed by atoms with Gasteiger partial charge in [0.15, 0.2) is 0 Å². The van der Waals surface area contributed by atoms with Gasteiger partial charge in [-0.05, 0) is 23.8 Å². The monoisotopic (exact) mass is 361 g/mol. The summed E-state index contributed by atoms with van der Waals surface area (Å²) in [6, 6.07) is 9.01. The van der Waals surface area contributed by atoms with Gasteiger partial charge in [0.25, 0.3) is 0 Å². The van der Waals surface area contributed by atoms with Gasteiger partial charge < -0.3 is 14.8 Å². The second kappa shape index (κ2) is 10.2. The molecule has 0 heterocycles. The zero-order valence-electron chi connectivity index (χ0n) is 16.1. The fourth-order valence-corrected chi connectivity index (χ4v) is 3.64. The van der Waals surface area contributed by atoms with E-state index in [4.69, 9.17) is 9.47 Å². The number of methoxy groups -OCH3 is 1. The summed E-state index contributed by atoms with van der Waals surface area (Å²) in [7, 11) is 1.35. The summed E-state index contributed by atoms with van der Waals surface area (Å²) >= 11 is 0.